The van der Waals surface area contributed by atoms with Crippen molar-refractivity contribution in [1.29, 1.82) is 0 Å². The normalized spacial score (nSPS) is 12.1. The zero-order valence-electron chi connectivity index (χ0n) is 9.25. The summed E-state index contributed by atoms with van der Waals surface area (Å²) in [4.78, 5) is 3.47. The Labute approximate surface area is 95.1 Å². The van der Waals surface area contributed by atoms with Gasteiger partial charge in [-0.05, 0) is 6.07 Å². The number of hydrogen-bond donors (Lipinski definition) is 0. The first-order chi connectivity index (χ1) is 7.91. The van der Waals surface area contributed by atoms with E-state index < -0.39 is 11.9 Å². The van der Waals surface area contributed by atoms with Gasteiger partial charge in [-0.1, -0.05) is 6.92 Å². The summed E-state index contributed by atoms with van der Waals surface area (Å²) in [5.41, 5.74) is -0.682. The molecule has 0 aliphatic heterocycles. The minimum absolute atomic E-state index is 0.102. The summed E-state index contributed by atoms with van der Waals surface area (Å²) in [5.74, 6) is -0.270. The van der Waals surface area contributed by atoms with Crippen LogP contribution in [0.3, 0.4) is 0 Å². The van der Waals surface area contributed by atoms with Gasteiger partial charge in [0.2, 0.25) is 5.89 Å². The van der Waals surface area contributed by atoms with Crippen LogP contribution < -0.4 is 0 Å². The van der Waals surface area contributed by atoms with Crippen molar-refractivity contribution in [2.75, 3.05) is 0 Å². The van der Waals surface area contributed by atoms with Crippen LogP contribution in [0.1, 0.15) is 18.4 Å². The number of oxazole rings is 1. The van der Waals surface area contributed by atoms with Gasteiger partial charge in [-0.3, -0.25) is 4.68 Å². The summed E-state index contributed by atoms with van der Waals surface area (Å²) in [6.45, 7) is 1.58. The van der Waals surface area contributed by atoms with Crippen LogP contribution in [-0.2, 0) is 19.6 Å². The van der Waals surface area contributed by atoms with E-state index in [0.717, 1.165) is 0 Å². The average molecular weight is 245 g/mol. The standard InChI is InChI=1S/C10H10F3N3O/c1-3-7-8(10(11,12)13)14-9(17-7)6-4-5-16(2)15-6/h4-5H,3H2,1-2H3. The van der Waals surface area contributed by atoms with Crippen LogP contribution in [0.5, 0.6) is 0 Å². The molecule has 4 nitrogen and oxygen atoms in total. The Kier molecular flexibility index (Phi) is 2.68. The fourth-order valence-corrected chi connectivity index (χ4v) is 1.45. The zero-order valence-corrected chi connectivity index (χ0v) is 9.25. The minimum Gasteiger partial charge on any atom is -0.439 e. The van der Waals surface area contributed by atoms with Gasteiger partial charge in [0, 0.05) is 19.7 Å². The fourth-order valence-electron chi connectivity index (χ4n) is 1.45. The molecule has 7 heteroatoms. The van der Waals surface area contributed by atoms with Gasteiger partial charge in [-0.15, -0.1) is 0 Å². The van der Waals surface area contributed by atoms with Gasteiger partial charge in [0.15, 0.2) is 5.69 Å². The minimum atomic E-state index is -4.50. The Morgan fingerprint density at radius 1 is 1.41 bits per heavy atom. The van der Waals surface area contributed by atoms with E-state index in [4.69, 9.17) is 4.42 Å². The second-order valence-corrected chi connectivity index (χ2v) is 3.52. The highest BCUT2D eigenvalue weighted by Crippen LogP contribution is 2.34. The predicted molar refractivity (Wildman–Crippen MR) is 53.1 cm³/mol. The Morgan fingerprint density at radius 2 is 2.12 bits per heavy atom. The second kappa shape index (κ2) is 3.90. The maximum Gasteiger partial charge on any atom is 0.436 e. The van der Waals surface area contributed by atoms with Crippen LogP contribution in [0.4, 0.5) is 13.2 Å². The molecule has 0 atom stereocenters. The van der Waals surface area contributed by atoms with Crippen LogP contribution in [0, 0.1) is 0 Å². The van der Waals surface area contributed by atoms with E-state index in [2.05, 4.69) is 10.1 Å². The van der Waals surface area contributed by atoms with E-state index in [9.17, 15) is 13.2 Å². The lowest BCUT2D eigenvalue weighted by molar-refractivity contribution is -0.141. The summed E-state index contributed by atoms with van der Waals surface area (Å²) in [7, 11) is 1.66. The van der Waals surface area contributed by atoms with E-state index in [0.29, 0.717) is 0 Å². The predicted octanol–water partition coefficient (Wildman–Crippen LogP) is 2.66. The summed E-state index contributed by atoms with van der Waals surface area (Å²) < 4.78 is 44.4. The largest absolute Gasteiger partial charge is 0.439 e. The molecule has 0 N–H and O–H groups in total. The van der Waals surface area contributed by atoms with Gasteiger partial charge in [0.1, 0.15) is 11.5 Å². The van der Waals surface area contributed by atoms with E-state index >= 15 is 0 Å². The van der Waals surface area contributed by atoms with Gasteiger partial charge < -0.3 is 4.42 Å². The maximum absolute atomic E-state index is 12.6. The molecule has 2 aromatic rings. The molecule has 0 aliphatic carbocycles. The topological polar surface area (TPSA) is 43.9 Å². The molecule has 2 rings (SSSR count). The van der Waals surface area contributed by atoms with Crippen molar-refractivity contribution >= 4 is 0 Å². The summed E-state index contributed by atoms with van der Waals surface area (Å²) in [6, 6.07) is 1.55. The molecule has 2 heterocycles. The number of alkyl halides is 3. The average Bonchev–Trinajstić information content (AvgIpc) is 2.81. The summed E-state index contributed by atoms with van der Waals surface area (Å²) in [6.07, 6.45) is -2.75. The van der Waals surface area contributed by atoms with Gasteiger partial charge in [0.05, 0.1) is 0 Å². The molecule has 0 amide bonds. The summed E-state index contributed by atoms with van der Waals surface area (Å²) in [5, 5.41) is 3.94. The molecular weight excluding hydrogens is 235 g/mol. The Hall–Kier alpha value is -1.79. The van der Waals surface area contributed by atoms with Gasteiger partial charge in [-0.2, -0.15) is 18.3 Å². The highest BCUT2D eigenvalue weighted by Gasteiger charge is 2.38. The zero-order chi connectivity index (χ0) is 12.6. The van der Waals surface area contributed by atoms with Crippen molar-refractivity contribution < 1.29 is 17.6 Å². The molecule has 2 aromatic heterocycles. The molecule has 92 valence electrons. The number of nitrogens with zero attached hydrogens (tertiary/aromatic N) is 3. The van der Waals surface area contributed by atoms with E-state index in [1.807, 2.05) is 0 Å². The third kappa shape index (κ3) is 2.17. The van der Waals surface area contributed by atoms with Crippen LogP contribution in [0.25, 0.3) is 11.6 Å². The fraction of sp³-hybridized carbons (Fsp3) is 0.400. The summed E-state index contributed by atoms with van der Waals surface area (Å²) >= 11 is 0. The van der Waals surface area contributed by atoms with E-state index in [1.54, 1.807) is 26.2 Å². The van der Waals surface area contributed by atoms with E-state index in [-0.39, 0.29) is 23.8 Å². The molecule has 0 saturated carbocycles. The van der Waals surface area contributed by atoms with Crippen molar-refractivity contribution in [1.82, 2.24) is 14.8 Å². The van der Waals surface area contributed by atoms with Crippen LogP contribution in [-0.4, -0.2) is 14.8 Å². The quantitative estimate of drug-likeness (QED) is 0.816. The highest BCUT2D eigenvalue weighted by molar-refractivity contribution is 5.46. The third-order valence-corrected chi connectivity index (χ3v) is 2.22. The van der Waals surface area contributed by atoms with Crippen molar-refractivity contribution in [2.24, 2.45) is 7.05 Å². The first-order valence-electron chi connectivity index (χ1n) is 4.98. The van der Waals surface area contributed by atoms with Gasteiger partial charge in [-0.25, -0.2) is 4.98 Å². The Morgan fingerprint density at radius 3 is 2.53 bits per heavy atom. The molecule has 0 bridgehead atoms. The molecule has 0 radical (unpaired) electrons. The highest BCUT2D eigenvalue weighted by atomic mass is 19.4. The molecule has 0 spiro atoms. The van der Waals surface area contributed by atoms with Gasteiger partial charge in [0.25, 0.3) is 0 Å². The number of rotatable bonds is 2. The molecule has 17 heavy (non-hydrogen) atoms. The SMILES string of the molecule is CCc1oc(-c2ccn(C)n2)nc1C(F)(F)F. The molecule has 0 aromatic carbocycles. The lowest BCUT2D eigenvalue weighted by atomic mass is 10.3. The van der Waals surface area contributed by atoms with Crippen LogP contribution in [0.2, 0.25) is 0 Å². The molecule has 0 unspecified atom stereocenters. The van der Waals surface area contributed by atoms with E-state index in [1.165, 1.54) is 4.68 Å². The third-order valence-electron chi connectivity index (χ3n) is 2.22. The monoisotopic (exact) mass is 245 g/mol. The van der Waals surface area contributed by atoms with Crippen molar-refractivity contribution in [2.45, 2.75) is 19.5 Å². The molecule has 0 saturated heterocycles. The van der Waals surface area contributed by atoms with Crippen molar-refractivity contribution in [3.63, 3.8) is 0 Å². The lowest BCUT2D eigenvalue weighted by Gasteiger charge is -2.01. The number of halogens is 3. The van der Waals surface area contributed by atoms with Crippen molar-refractivity contribution in [3.05, 3.63) is 23.7 Å². The molecule has 0 fully saturated rings. The maximum atomic E-state index is 12.6. The Balaban J connectivity index is 2.48. The second-order valence-electron chi connectivity index (χ2n) is 3.52. The first kappa shape index (κ1) is 11.7. The smallest absolute Gasteiger partial charge is 0.436 e. The Bertz CT molecular complexity index is 527. The number of hydrogen-bond acceptors (Lipinski definition) is 3. The van der Waals surface area contributed by atoms with Crippen LogP contribution in [0.15, 0.2) is 16.7 Å². The molecule has 0 aliphatic rings. The first-order valence-corrected chi connectivity index (χ1v) is 4.98. The molecular formula is C10H10F3N3O. The number of aryl methyl sites for hydroxylation is 2. The van der Waals surface area contributed by atoms with Gasteiger partial charge >= 0.3 is 6.18 Å². The number of aromatic nitrogens is 3. The lowest BCUT2D eigenvalue weighted by Crippen LogP contribution is -2.08. The van der Waals surface area contributed by atoms with Crippen LogP contribution >= 0.6 is 0 Å². The van der Waals surface area contributed by atoms with Crippen molar-refractivity contribution in [3.8, 4) is 11.6 Å².